The van der Waals surface area contributed by atoms with Crippen molar-refractivity contribution >= 4 is 29.1 Å². The van der Waals surface area contributed by atoms with E-state index in [4.69, 9.17) is 32.9 Å². The van der Waals surface area contributed by atoms with Crippen molar-refractivity contribution in [3.05, 3.63) is 87.7 Å². The quantitative estimate of drug-likeness (QED) is 0.416. The van der Waals surface area contributed by atoms with Gasteiger partial charge >= 0.3 is 0 Å². The lowest BCUT2D eigenvalue weighted by molar-refractivity contribution is 0.319. The van der Waals surface area contributed by atoms with Crippen LogP contribution < -0.4 is 0 Å². The molecule has 2 aromatic carbocycles. The zero-order chi connectivity index (χ0) is 20.2. The summed E-state index contributed by atoms with van der Waals surface area (Å²) in [4.78, 5) is 9.44. The first-order chi connectivity index (χ1) is 14.7. The molecule has 0 spiro atoms. The largest absolute Gasteiger partial charge is 0.474 e. The average Bonchev–Trinajstić information content (AvgIpc) is 3.48. The molecule has 0 unspecified atom stereocenters. The SMILES string of the molecule is Clc1ccc([C@H]2COC(c3ncn4c3Cc3cnnn3-c3cc(Cl)ccc3-4)=N2)cc1. The molecule has 30 heavy (non-hydrogen) atoms. The molecule has 2 aliphatic rings. The van der Waals surface area contributed by atoms with Crippen LogP contribution in [0.5, 0.6) is 0 Å². The van der Waals surface area contributed by atoms with Gasteiger partial charge in [-0.15, -0.1) is 5.10 Å². The molecule has 6 rings (SSSR count). The fourth-order valence-electron chi connectivity index (χ4n) is 3.91. The molecular formula is C21H14Cl2N6O. The van der Waals surface area contributed by atoms with E-state index < -0.39 is 0 Å². The first-order valence-electron chi connectivity index (χ1n) is 9.40. The number of ether oxygens (including phenoxy) is 1. The van der Waals surface area contributed by atoms with Crippen molar-refractivity contribution in [2.75, 3.05) is 6.61 Å². The number of rotatable bonds is 2. The lowest BCUT2D eigenvalue weighted by Gasteiger charge is -2.10. The highest BCUT2D eigenvalue weighted by atomic mass is 35.5. The zero-order valence-corrected chi connectivity index (χ0v) is 17.0. The number of aromatic nitrogens is 5. The molecule has 1 atom stereocenters. The summed E-state index contributed by atoms with van der Waals surface area (Å²) in [6.07, 6.45) is 4.13. The van der Waals surface area contributed by atoms with E-state index in [1.165, 1.54) is 0 Å². The van der Waals surface area contributed by atoms with Gasteiger partial charge in [-0.25, -0.2) is 14.7 Å². The Labute approximate surface area is 181 Å². The molecule has 4 heterocycles. The summed E-state index contributed by atoms with van der Waals surface area (Å²) in [6, 6.07) is 13.3. The van der Waals surface area contributed by atoms with E-state index in [9.17, 15) is 0 Å². The Hall–Kier alpha value is -3.16. The second-order valence-corrected chi connectivity index (χ2v) is 8.04. The van der Waals surface area contributed by atoms with Crippen molar-refractivity contribution < 1.29 is 4.74 Å². The summed E-state index contributed by atoms with van der Waals surface area (Å²) in [5.74, 6) is 0.542. The molecule has 0 aliphatic carbocycles. The van der Waals surface area contributed by atoms with Crippen molar-refractivity contribution in [1.29, 1.82) is 0 Å². The van der Waals surface area contributed by atoms with Gasteiger partial charge in [0.05, 0.1) is 29.0 Å². The van der Waals surface area contributed by atoms with Gasteiger partial charge in [0.15, 0.2) is 0 Å². The summed E-state index contributed by atoms with van der Waals surface area (Å²) >= 11 is 12.3. The van der Waals surface area contributed by atoms with Crippen LogP contribution >= 0.6 is 23.2 Å². The first kappa shape index (κ1) is 17.7. The van der Waals surface area contributed by atoms with Gasteiger partial charge in [-0.1, -0.05) is 40.5 Å². The molecule has 7 nitrogen and oxygen atoms in total. The molecule has 0 saturated heterocycles. The number of fused-ring (bicyclic) bond motifs is 5. The van der Waals surface area contributed by atoms with Crippen LogP contribution in [-0.2, 0) is 11.2 Å². The van der Waals surface area contributed by atoms with Crippen molar-refractivity contribution in [2.24, 2.45) is 4.99 Å². The third kappa shape index (κ3) is 2.74. The summed E-state index contributed by atoms with van der Waals surface area (Å²) in [5, 5.41) is 9.67. The Morgan fingerprint density at radius 2 is 1.83 bits per heavy atom. The van der Waals surface area contributed by atoms with Gasteiger partial charge in [-0.05, 0) is 35.9 Å². The lowest BCUT2D eigenvalue weighted by atomic mass is 10.1. The van der Waals surface area contributed by atoms with Crippen LogP contribution in [-0.4, -0.2) is 37.0 Å². The molecule has 2 aliphatic heterocycles. The minimum absolute atomic E-state index is 0.0846. The van der Waals surface area contributed by atoms with E-state index in [0.29, 0.717) is 29.0 Å². The molecule has 0 fully saturated rings. The molecule has 2 aromatic heterocycles. The average molecular weight is 437 g/mol. The third-order valence-corrected chi connectivity index (χ3v) is 5.86. The van der Waals surface area contributed by atoms with Crippen molar-refractivity contribution in [2.45, 2.75) is 12.5 Å². The van der Waals surface area contributed by atoms with E-state index >= 15 is 0 Å². The van der Waals surface area contributed by atoms with Gasteiger partial charge in [0, 0.05) is 16.5 Å². The van der Waals surface area contributed by atoms with Crippen LogP contribution in [0.3, 0.4) is 0 Å². The van der Waals surface area contributed by atoms with Gasteiger partial charge in [0.25, 0.3) is 0 Å². The predicted molar refractivity (Wildman–Crippen MR) is 113 cm³/mol. The number of halogens is 2. The molecule has 0 amide bonds. The maximum atomic E-state index is 6.25. The number of nitrogens with zero attached hydrogens (tertiary/aromatic N) is 6. The van der Waals surface area contributed by atoms with Crippen molar-refractivity contribution in [3.63, 3.8) is 0 Å². The van der Waals surface area contributed by atoms with Crippen molar-refractivity contribution in [3.8, 4) is 11.4 Å². The molecule has 148 valence electrons. The fourth-order valence-corrected chi connectivity index (χ4v) is 4.20. The Balaban J connectivity index is 1.46. The van der Waals surface area contributed by atoms with Crippen molar-refractivity contribution in [1.82, 2.24) is 24.5 Å². The minimum Gasteiger partial charge on any atom is -0.474 e. The van der Waals surface area contributed by atoms with Crippen LogP contribution in [0.25, 0.3) is 11.4 Å². The summed E-state index contributed by atoms with van der Waals surface area (Å²) < 4.78 is 9.81. The molecule has 0 bridgehead atoms. The van der Waals surface area contributed by atoms with Crippen LogP contribution in [0.15, 0.2) is 60.0 Å². The smallest absolute Gasteiger partial charge is 0.238 e. The zero-order valence-electron chi connectivity index (χ0n) is 15.5. The van der Waals surface area contributed by atoms with Gasteiger partial charge in [-0.3, -0.25) is 4.57 Å². The van der Waals surface area contributed by atoms with Crippen LogP contribution in [0.1, 0.15) is 28.7 Å². The number of hydrogen-bond donors (Lipinski definition) is 0. The lowest BCUT2D eigenvalue weighted by Crippen LogP contribution is -2.08. The standard InChI is InChI=1S/C21H14Cl2N6O/c22-13-3-1-12(2-4-13)16-10-30-21(26-16)20-19-8-15-9-25-27-29(15)18-7-14(23)5-6-17(18)28(19)11-24-20/h1-7,9,11,16H,8,10H2/t16-/m1/s1. The summed E-state index contributed by atoms with van der Waals surface area (Å²) in [6.45, 7) is 0.467. The fraction of sp³-hybridized carbons (Fsp3) is 0.143. The van der Waals surface area contributed by atoms with E-state index in [-0.39, 0.29) is 6.04 Å². The Morgan fingerprint density at radius 1 is 1.00 bits per heavy atom. The molecule has 0 saturated carbocycles. The predicted octanol–water partition coefficient (Wildman–Crippen LogP) is 4.18. The van der Waals surface area contributed by atoms with E-state index in [1.807, 2.05) is 51.7 Å². The number of hydrogen-bond acceptors (Lipinski definition) is 5. The Morgan fingerprint density at radius 3 is 2.70 bits per heavy atom. The molecule has 9 heteroatoms. The normalized spacial score (nSPS) is 16.9. The van der Waals surface area contributed by atoms with Crippen LogP contribution in [0.4, 0.5) is 0 Å². The van der Waals surface area contributed by atoms with E-state index in [0.717, 1.165) is 34.0 Å². The Bertz CT molecular complexity index is 1310. The second-order valence-electron chi connectivity index (χ2n) is 7.17. The maximum absolute atomic E-state index is 6.25. The van der Waals surface area contributed by atoms with Crippen LogP contribution in [0.2, 0.25) is 10.0 Å². The highest BCUT2D eigenvalue weighted by molar-refractivity contribution is 6.31. The van der Waals surface area contributed by atoms with Crippen LogP contribution in [0, 0.1) is 0 Å². The minimum atomic E-state index is -0.0846. The molecule has 4 aromatic rings. The first-order valence-corrected chi connectivity index (χ1v) is 10.2. The summed E-state index contributed by atoms with van der Waals surface area (Å²) in [5.41, 5.74) is 5.46. The Kier molecular flexibility index (Phi) is 3.94. The molecule has 0 radical (unpaired) electrons. The van der Waals surface area contributed by atoms with Gasteiger partial charge < -0.3 is 4.74 Å². The highest BCUT2D eigenvalue weighted by Gasteiger charge is 2.29. The summed E-state index contributed by atoms with van der Waals surface area (Å²) in [7, 11) is 0. The number of aliphatic imine (C=N–C) groups is 1. The molecular weight excluding hydrogens is 423 g/mol. The van der Waals surface area contributed by atoms with Gasteiger partial charge in [0.1, 0.15) is 24.7 Å². The molecule has 0 N–H and O–H groups in total. The monoisotopic (exact) mass is 436 g/mol. The number of imidazole rings is 1. The second kappa shape index (κ2) is 6.68. The number of benzene rings is 2. The van der Waals surface area contributed by atoms with Gasteiger partial charge in [-0.2, -0.15) is 0 Å². The maximum Gasteiger partial charge on any atom is 0.238 e. The van der Waals surface area contributed by atoms with E-state index in [1.54, 1.807) is 12.5 Å². The third-order valence-electron chi connectivity index (χ3n) is 5.37. The van der Waals surface area contributed by atoms with E-state index in [2.05, 4.69) is 15.3 Å². The topological polar surface area (TPSA) is 70.1 Å². The highest BCUT2D eigenvalue weighted by Crippen LogP contribution is 2.32. The van der Waals surface area contributed by atoms with Gasteiger partial charge in [0.2, 0.25) is 5.90 Å².